The highest BCUT2D eigenvalue weighted by Crippen LogP contribution is 2.30. The molecule has 2 N–H and O–H groups in total. The Hall–Kier alpha value is -2.22. The molecule has 22 heavy (non-hydrogen) atoms. The first-order valence-electron chi connectivity index (χ1n) is 6.34. The van der Waals surface area contributed by atoms with E-state index in [4.69, 9.17) is 5.84 Å². The van der Waals surface area contributed by atoms with Crippen molar-refractivity contribution in [3.05, 3.63) is 53.9 Å². The Morgan fingerprint density at radius 1 is 1.05 bits per heavy atom. The first kappa shape index (κ1) is 14.7. The van der Waals surface area contributed by atoms with Gasteiger partial charge in [0.05, 0.1) is 0 Å². The lowest BCUT2D eigenvalue weighted by atomic mass is 10.1. The van der Waals surface area contributed by atoms with Crippen molar-refractivity contribution in [3.8, 4) is 0 Å². The molecule has 0 bridgehead atoms. The summed E-state index contributed by atoms with van der Waals surface area (Å²) >= 11 is 1.12. The first-order chi connectivity index (χ1) is 10.5. The molecule has 0 unspecified atom stereocenters. The van der Waals surface area contributed by atoms with Crippen LogP contribution in [-0.2, 0) is 11.9 Å². The maximum Gasteiger partial charge on any atom is 0.453 e. The van der Waals surface area contributed by atoms with E-state index in [1.54, 1.807) is 0 Å². The normalized spacial score (nSPS) is 12.0. The van der Waals surface area contributed by atoms with Crippen LogP contribution >= 0.6 is 11.8 Å². The van der Waals surface area contributed by atoms with Crippen molar-refractivity contribution in [3.63, 3.8) is 0 Å². The zero-order valence-corrected chi connectivity index (χ0v) is 12.0. The molecule has 3 rings (SSSR count). The third-order valence-corrected chi connectivity index (χ3v) is 4.15. The lowest BCUT2D eigenvalue weighted by molar-refractivity contribution is -0.146. The largest absolute Gasteiger partial charge is 0.453 e. The van der Waals surface area contributed by atoms with Gasteiger partial charge in [0.2, 0.25) is 5.16 Å². The summed E-state index contributed by atoms with van der Waals surface area (Å²) < 4.78 is 38.3. The van der Waals surface area contributed by atoms with Crippen LogP contribution in [0.1, 0.15) is 11.4 Å². The van der Waals surface area contributed by atoms with E-state index in [9.17, 15) is 13.2 Å². The molecule has 114 valence electrons. The summed E-state index contributed by atoms with van der Waals surface area (Å²) in [6.45, 7) is 0. The number of hydrogen-bond donors (Lipinski definition) is 1. The maximum absolute atomic E-state index is 12.6. The van der Waals surface area contributed by atoms with Gasteiger partial charge in [0.25, 0.3) is 5.82 Å². The van der Waals surface area contributed by atoms with E-state index in [1.165, 1.54) is 0 Å². The van der Waals surface area contributed by atoms with Gasteiger partial charge >= 0.3 is 6.18 Å². The second-order valence-electron chi connectivity index (χ2n) is 4.60. The minimum atomic E-state index is -4.61. The van der Waals surface area contributed by atoms with Gasteiger partial charge in [0.1, 0.15) is 0 Å². The summed E-state index contributed by atoms with van der Waals surface area (Å²) in [5, 5.41) is 8.77. The van der Waals surface area contributed by atoms with Gasteiger partial charge in [-0.15, -0.1) is 10.2 Å². The second-order valence-corrected chi connectivity index (χ2v) is 5.54. The highest BCUT2D eigenvalue weighted by Gasteiger charge is 2.38. The van der Waals surface area contributed by atoms with Gasteiger partial charge in [0, 0.05) is 5.75 Å². The molecule has 0 atom stereocenters. The lowest BCUT2D eigenvalue weighted by Gasteiger charge is -2.07. The van der Waals surface area contributed by atoms with Crippen LogP contribution in [0.4, 0.5) is 13.2 Å². The number of rotatable bonds is 3. The summed E-state index contributed by atoms with van der Waals surface area (Å²) in [7, 11) is 0. The molecule has 0 saturated carbocycles. The number of aromatic nitrogens is 3. The van der Waals surface area contributed by atoms with Gasteiger partial charge in [-0.3, -0.25) is 0 Å². The molecule has 1 heterocycles. The minimum Gasteiger partial charge on any atom is -0.335 e. The van der Waals surface area contributed by atoms with Crippen LogP contribution in [0.25, 0.3) is 10.8 Å². The number of halogens is 3. The average Bonchev–Trinajstić information content (AvgIpc) is 2.86. The number of nitrogens with two attached hydrogens (primary N) is 1. The van der Waals surface area contributed by atoms with Crippen molar-refractivity contribution in [1.29, 1.82) is 0 Å². The predicted molar refractivity (Wildman–Crippen MR) is 78.7 cm³/mol. The molecule has 0 aliphatic heterocycles. The number of alkyl halides is 3. The van der Waals surface area contributed by atoms with Crippen LogP contribution in [0.5, 0.6) is 0 Å². The van der Waals surface area contributed by atoms with E-state index < -0.39 is 12.0 Å². The molecule has 3 aromatic rings. The summed E-state index contributed by atoms with van der Waals surface area (Å²) in [4.78, 5) is 0. The summed E-state index contributed by atoms with van der Waals surface area (Å²) in [5.41, 5.74) is 1.000. The van der Waals surface area contributed by atoms with Crippen LogP contribution in [0.2, 0.25) is 0 Å². The van der Waals surface area contributed by atoms with E-state index in [0.717, 1.165) is 28.1 Å². The Morgan fingerprint density at radius 2 is 1.77 bits per heavy atom. The molecule has 0 amide bonds. The zero-order valence-electron chi connectivity index (χ0n) is 11.2. The third-order valence-electron chi connectivity index (χ3n) is 3.15. The Labute approximate surface area is 128 Å². The van der Waals surface area contributed by atoms with E-state index >= 15 is 0 Å². The molecule has 8 heteroatoms. The summed E-state index contributed by atoms with van der Waals surface area (Å²) in [6.07, 6.45) is -4.61. The Bertz CT molecular complexity index is 808. The van der Waals surface area contributed by atoms with Gasteiger partial charge in [0.15, 0.2) is 0 Å². The van der Waals surface area contributed by atoms with E-state index in [0.29, 0.717) is 10.4 Å². The predicted octanol–water partition coefficient (Wildman–Crippen LogP) is 3.46. The third kappa shape index (κ3) is 2.74. The molecule has 2 aromatic carbocycles. The highest BCUT2D eigenvalue weighted by atomic mass is 32.2. The number of hydrogen-bond acceptors (Lipinski definition) is 4. The van der Waals surface area contributed by atoms with Crippen molar-refractivity contribution in [2.24, 2.45) is 0 Å². The van der Waals surface area contributed by atoms with Crippen molar-refractivity contribution in [2.75, 3.05) is 5.84 Å². The Morgan fingerprint density at radius 3 is 2.50 bits per heavy atom. The molecule has 0 fully saturated rings. The van der Waals surface area contributed by atoms with Gasteiger partial charge in [-0.2, -0.15) is 13.2 Å². The number of fused-ring (bicyclic) bond motifs is 1. The molecule has 0 saturated heterocycles. The topological polar surface area (TPSA) is 56.7 Å². The number of thioether (sulfide) groups is 1. The lowest BCUT2D eigenvalue weighted by Crippen LogP contribution is -2.21. The molecule has 0 spiro atoms. The molecule has 0 aliphatic rings. The monoisotopic (exact) mass is 324 g/mol. The fourth-order valence-electron chi connectivity index (χ4n) is 2.13. The molecular formula is C14H11F3N4S. The van der Waals surface area contributed by atoms with Crippen LogP contribution in [0.15, 0.2) is 47.6 Å². The molecule has 1 aromatic heterocycles. The summed E-state index contributed by atoms with van der Waals surface area (Å²) in [6, 6.07) is 13.6. The smallest absolute Gasteiger partial charge is 0.335 e. The van der Waals surface area contributed by atoms with E-state index in [2.05, 4.69) is 10.2 Å². The fraction of sp³-hybridized carbons (Fsp3) is 0.143. The van der Waals surface area contributed by atoms with Crippen LogP contribution in [0, 0.1) is 0 Å². The van der Waals surface area contributed by atoms with Crippen molar-refractivity contribution < 1.29 is 13.2 Å². The molecule has 0 aliphatic carbocycles. The van der Waals surface area contributed by atoms with Gasteiger partial charge in [-0.05, 0) is 16.3 Å². The molecule has 0 radical (unpaired) electrons. The average molecular weight is 324 g/mol. The SMILES string of the molecule is Nn1c(SCc2cccc3ccccc23)nnc1C(F)(F)F. The molecular weight excluding hydrogens is 313 g/mol. The number of nitrogens with zero attached hydrogens (tertiary/aromatic N) is 3. The van der Waals surface area contributed by atoms with Crippen LogP contribution in [0.3, 0.4) is 0 Å². The standard InChI is InChI=1S/C14H11F3N4S/c15-14(16,17)12-19-20-13(21(12)18)22-8-10-6-3-5-9-4-1-2-7-11(9)10/h1-7H,8,18H2. The van der Waals surface area contributed by atoms with Gasteiger partial charge in [-0.1, -0.05) is 54.2 Å². The second kappa shape index (κ2) is 5.53. The summed E-state index contributed by atoms with van der Waals surface area (Å²) in [5.74, 6) is 4.67. The Balaban J connectivity index is 1.85. The number of benzene rings is 2. The first-order valence-corrected chi connectivity index (χ1v) is 7.32. The number of nitrogen functional groups attached to an aromatic ring is 1. The minimum absolute atomic E-state index is 0.0280. The van der Waals surface area contributed by atoms with Crippen LogP contribution in [-0.4, -0.2) is 14.9 Å². The van der Waals surface area contributed by atoms with E-state index in [-0.39, 0.29) is 5.16 Å². The van der Waals surface area contributed by atoms with Crippen molar-refractivity contribution in [1.82, 2.24) is 14.9 Å². The Kier molecular flexibility index (Phi) is 3.69. The van der Waals surface area contributed by atoms with E-state index in [1.807, 2.05) is 42.5 Å². The highest BCUT2D eigenvalue weighted by molar-refractivity contribution is 7.98. The van der Waals surface area contributed by atoms with Gasteiger partial charge < -0.3 is 5.84 Å². The molecule has 4 nitrogen and oxygen atoms in total. The van der Waals surface area contributed by atoms with Gasteiger partial charge in [-0.25, -0.2) is 4.68 Å². The van der Waals surface area contributed by atoms with Crippen molar-refractivity contribution in [2.45, 2.75) is 17.1 Å². The fourth-order valence-corrected chi connectivity index (χ4v) is 2.99. The quantitative estimate of drug-likeness (QED) is 0.592. The van der Waals surface area contributed by atoms with Crippen molar-refractivity contribution >= 4 is 22.5 Å². The zero-order chi connectivity index (χ0) is 15.7. The maximum atomic E-state index is 12.6. The van der Waals surface area contributed by atoms with Crippen LogP contribution < -0.4 is 5.84 Å².